The maximum absolute atomic E-state index is 13.1. The molecule has 0 unspecified atom stereocenters. The van der Waals surface area contributed by atoms with E-state index in [1.54, 1.807) is 41.8 Å². The minimum Gasteiger partial charge on any atom is -0.497 e. The van der Waals surface area contributed by atoms with Crippen LogP contribution in [0.3, 0.4) is 0 Å². The van der Waals surface area contributed by atoms with Gasteiger partial charge in [-0.3, -0.25) is 18.7 Å². The number of hydrogen-bond acceptors (Lipinski definition) is 7. The van der Waals surface area contributed by atoms with Crippen LogP contribution >= 0.6 is 11.3 Å². The van der Waals surface area contributed by atoms with E-state index >= 15 is 0 Å². The molecule has 0 aliphatic rings. The molecule has 1 N–H and O–H groups in total. The maximum Gasteiger partial charge on any atom is 0.332 e. The number of ether oxygens (including phenoxy) is 2. The predicted octanol–water partition coefficient (Wildman–Crippen LogP) is 2.52. The third-order valence-corrected chi connectivity index (χ3v) is 5.61. The number of fused-ring (bicyclic) bond motifs is 1. The van der Waals surface area contributed by atoms with Gasteiger partial charge in [-0.05, 0) is 35.7 Å². The van der Waals surface area contributed by atoms with Crippen LogP contribution in [-0.2, 0) is 17.9 Å². The fourth-order valence-electron chi connectivity index (χ4n) is 3.22. The molecule has 0 spiro atoms. The van der Waals surface area contributed by atoms with E-state index in [0.29, 0.717) is 33.2 Å². The molecule has 0 saturated carbocycles. The first-order valence-electron chi connectivity index (χ1n) is 9.27. The second kappa shape index (κ2) is 8.52. The molecule has 4 aromatic rings. The Morgan fingerprint density at radius 2 is 1.97 bits per heavy atom. The highest BCUT2D eigenvalue weighted by atomic mass is 32.1. The Morgan fingerprint density at radius 1 is 1.13 bits per heavy atom. The highest BCUT2D eigenvalue weighted by molar-refractivity contribution is 7.17. The summed E-state index contributed by atoms with van der Waals surface area (Å²) in [6.45, 7) is -0.299. The van der Waals surface area contributed by atoms with Crippen molar-refractivity contribution in [2.75, 3.05) is 19.5 Å². The van der Waals surface area contributed by atoms with Gasteiger partial charge >= 0.3 is 5.69 Å². The molecule has 3 aromatic heterocycles. The normalized spacial score (nSPS) is 10.9. The minimum absolute atomic E-state index is 0.0214. The van der Waals surface area contributed by atoms with E-state index in [-0.39, 0.29) is 13.1 Å². The summed E-state index contributed by atoms with van der Waals surface area (Å²) in [7, 11) is 3.01. The lowest BCUT2D eigenvalue weighted by Crippen LogP contribution is -2.41. The van der Waals surface area contributed by atoms with Gasteiger partial charge in [-0.15, -0.1) is 11.3 Å². The number of aromatic nitrogens is 2. The monoisotopic (exact) mass is 441 g/mol. The van der Waals surface area contributed by atoms with Crippen molar-refractivity contribution >= 4 is 33.1 Å². The molecule has 10 heteroatoms. The third kappa shape index (κ3) is 3.97. The summed E-state index contributed by atoms with van der Waals surface area (Å²) in [6.07, 6.45) is 1.47. The van der Waals surface area contributed by atoms with Crippen LogP contribution in [-0.4, -0.2) is 29.3 Å². The molecule has 0 aliphatic heterocycles. The first-order chi connectivity index (χ1) is 15.0. The second-order valence-corrected chi connectivity index (χ2v) is 7.50. The number of furan rings is 1. The average Bonchev–Trinajstić information content (AvgIpc) is 3.46. The van der Waals surface area contributed by atoms with E-state index in [2.05, 4.69) is 5.32 Å². The third-order valence-electron chi connectivity index (χ3n) is 4.71. The summed E-state index contributed by atoms with van der Waals surface area (Å²) < 4.78 is 18.5. The number of carbonyl (C=O) groups excluding carboxylic acids is 1. The fourth-order valence-corrected chi connectivity index (χ4v) is 4.06. The van der Waals surface area contributed by atoms with Crippen molar-refractivity contribution in [2.24, 2.45) is 0 Å². The topological polar surface area (TPSA) is 105 Å². The number of methoxy groups -OCH3 is 2. The zero-order valence-corrected chi connectivity index (χ0v) is 17.6. The summed E-state index contributed by atoms with van der Waals surface area (Å²) in [4.78, 5) is 38.7. The molecule has 0 atom stereocenters. The Hall–Kier alpha value is -3.79. The largest absolute Gasteiger partial charge is 0.497 e. The Morgan fingerprint density at radius 3 is 2.68 bits per heavy atom. The Bertz CT molecular complexity index is 1350. The van der Waals surface area contributed by atoms with E-state index in [4.69, 9.17) is 13.9 Å². The molecule has 9 nitrogen and oxygen atoms in total. The van der Waals surface area contributed by atoms with Crippen LogP contribution in [0.1, 0.15) is 5.76 Å². The number of thiophene rings is 1. The van der Waals surface area contributed by atoms with Gasteiger partial charge in [0.05, 0.1) is 38.2 Å². The van der Waals surface area contributed by atoms with Crippen LogP contribution in [0.25, 0.3) is 10.2 Å². The number of carbonyl (C=O) groups is 1. The molecule has 160 valence electrons. The molecule has 4 rings (SSSR count). The molecule has 3 heterocycles. The number of hydrogen-bond donors (Lipinski definition) is 1. The number of nitrogens with zero attached hydrogens (tertiary/aromatic N) is 2. The van der Waals surface area contributed by atoms with Crippen LogP contribution < -0.4 is 26.0 Å². The summed E-state index contributed by atoms with van der Waals surface area (Å²) in [5, 5.41) is 4.46. The number of anilines is 1. The standard InChI is InChI=1S/C21H19N3O6S/c1-28-13-5-6-15(17(10-13)29-2)22-18(25)12-23-16-7-9-31-19(16)20(26)24(21(23)27)11-14-4-3-8-30-14/h3-10H,11-12H2,1-2H3,(H,22,25). The molecule has 0 bridgehead atoms. The zero-order valence-electron chi connectivity index (χ0n) is 16.8. The predicted molar refractivity (Wildman–Crippen MR) is 116 cm³/mol. The van der Waals surface area contributed by atoms with Crippen LogP contribution in [0.4, 0.5) is 5.69 Å². The molecule has 0 saturated heterocycles. The summed E-state index contributed by atoms with van der Waals surface area (Å²) in [5.41, 5.74) is -0.164. The van der Waals surface area contributed by atoms with Gasteiger partial charge in [0, 0.05) is 6.07 Å². The first-order valence-corrected chi connectivity index (χ1v) is 10.1. The first kappa shape index (κ1) is 20.5. The smallest absolute Gasteiger partial charge is 0.332 e. The Kier molecular flexibility index (Phi) is 5.63. The molecular formula is C21H19N3O6S. The maximum atomic E-state index is 13.1. The fraction of sp³-hybridized carbons (Fsp3) is 0.190. The lowest BCUT2D eigenvalue weighted by Gasteiger charge is -2.14. The summed E-state index contributed by atoms with van der Waals surface area (Å²) in [5.74, 6) is 1.02. The van der Waals surface area contributed by atoms with E-state index in [1.807, 2.05) is 0 Å². The van der Waals surface area contributed by atoms with Gasteiger partial charge in [-0.2, -0.15) is 0 Å². The summed E-state index contributed by atoms with van der Waals surface area (Å²) in [6, 6.07) is 9.99. The van der Waals surface area contributed by atoms with Crippen LogP contribution in [0, 0.1) is 0 Å². The van der Waals surface area contributed by atoms with Gasteiger partial charge in [0.25, 0.3) is 5.56 Å². The van der Waals surface area contributed by atoms with E-state index in [0.717, 1.165) is 4.57 Å². The lowest BCUT2D eigenvalue weighted by atomic mass is 10.2. The van der Waals surface area contributed by atoms with Crippen molar-refractivity contribution in [3.8, 4) is 11.5 Å². The molecule has 0 radical (unpaired) electrons. The Balaban J connectivity index is 1.68. The van der Waals surface area contributed by atoms with E-state index in [9.17, 15) is 14.4 Å². The Labute approximate surface area is 180 Å². The van der Waals surface area contributed by atoms with Gasteiger partial charge < -0.3 is 19.2 Å². The lowest BCUT2D eigenvalue weighted by molar-refractivity contribution is -0.116. The van der Waals surface area contributed by atoms with Gasteiger partial charge in [0.15, 0.2) is 0 Å². The van der Waals surface area contributed by atoms with E-state index in [1.165, 1.54) is 36.4 Å². The summed E-state index contributed by atoms with van der Waals surface area (Å²) >= 11 is 1.22. The quantitative estimate of drug-likeness (QED) is 0.473. The highest BCUT2D eigenvalue weighted by Crippen LogP contribution is 2.29. The highest BCUT2D eigenvalue weighted by Gasteiger charge is 2.18. The molecule has 0 aliphatic carbocycles. The number of amides is 1. The van der Waals surface area contributed by atoms with Gasteiger partial charge in [-0.1, -0.05) is 0 Å². The molecule has 1 amide bonds. The number of benzene rings is 1. The molecular weight excluding hydrogens is 422 g/mol. The number of nitrogens with one attached hydrogen (secondary N) is 1. The van der Waals surface area contributed by atoms with Crippen LogP contribution in [0.15, 0.2) is 62.0 Å². The molecule has 31 heavy (non-hydrogen) atoms. The SMILES string of the molecule is COc1ccc(NC(=O)Cn2c(=O)n(Cc3ccco3)c(=O)c3sccc32)c(OC)c1. The van der Waals surface area contributed by atoms with Crippen LogP contribution in [0.5, 0.6) is 11.5 Å². The second-order valence-electron chi connectivity index (χ2n) is 6.59. The van der Waals surface area contributed by atoms with Crippen molar-refractivity contribution < 1.29 is 18.7 Å². The van der Waals surface area contributed by atoms with Gasteiger partial charge in [0.1, 0.15) is 28.5 Å². The zero-order chi connectivity index (χ0) is 22.0. The van der Waals surface area contributed by atoms with Gasteiger partial charge in [-0.25, -0.2) is 4.79 Å². The minimum atomic E-state index is -0.593. The van der Waals surface area contributed by atoms with Crippen molar-refractivity contribution in [1.82, 2.24) is 9.13 Å². The van der Waals surface area contributed by atoms with E-state index < -0.39 is 17.2 Å². The van der Waals surface area contributed by atoms with Crippen molar-refractivity contribution in [3.63, 3.8) is 0 Å². The molecule has 0 fully saturated rings. The van der Waals surface area contributed by atoms with Crippen molar-refractivity contribution in [1.29, 1.82) is 0 Å². The number of rotatable bonds is 7. The van der Waals surface area contributed by atoms with Gasteiger partial charge in [0.2, 0.25) is 5.91 Å². The van der Waals surface area contributed by atoms with Crippen molar-refractivity contribution in [2.45, 2.75) is 13.1 Å². The van der Waals surface area contributed by atoms with Crippen molar-refractivity contribution in [3.05, 3.63) is 74.6 Å². The van der Waals surface area contributed by atoms with Crippen LogP contribution in [0.2, 0.25) is 0 Å². The molecule has 1 aromatic carbocycles. The average molecular weight is 441 g/mol.